The zero-order valence-electron chi connectivity index (χ0n) is 10.3. The minimum atomic E-state index is 0.295. The maximum Gasteiger partial charge on any atom is 0.0948 e. The minimum Gasteiger partial charge on any atom is -0.334 e. The fourth-order valence-corrected chi connectivity index (χ4v) is 1.79. The number of pyridine rings is 1. The molecule has 0 aliphatic rings. The highest BCUT2D eigenvalue weighted by Gasteiger charge is 2.06. The number of rotatable bonds is 5. The van der Waals surface area contributed by atoms with Gasteiger partial charge in [-0.25, -0.2) is 4.98 Å². The number of imidazole rings is 1. The second-order valence-corrected chi connectivity index (χ2v) is 4.06. The molecule has 0 spiro atoms. The third-order valence-corrected chi connectivity index (χ3v) is 2.91. The van der Waals surface area contributed by atoms with E-state index in [2.05, 4.69) is 39.8 Å². The molecule has 0 radical (unpaired) electrons. The van der Waals surface area contributed by atoms with Crippen LogP contribution >= 0.6 is 0 Å². The Balaban J connectivity index is 1.95. The first-order valence-corrected chi connectivity index (χ1v) is 5.93. The Hall–Kier alpha value is -1.68. The first-order valence-electron chi connectivity index (χ1n) is 5.93. The quantitative estimate of drug-likeness (QED) is 0.855. The molecule has 1 unspecified atom stereocenters. The molecule has 2 heterocycles. The first-order chi connectivity index (χ1) is 8.31. The van der Waals surface area contributed by atoms with Gasteiger partial charge in [-0.15, -0.1) is 0 Å². The van der Waals surface area contributed by atoms with Crippen LogP contribution in [0.25, 0.3) is 0 Å². The van der Waals surface area contributed by atoms with E-state index in [1.54, 1.807) is 6.20 Å². The molecule has 4 nitrogen and oxygen atoms in total. The zero-order valence-corrected chi connectivity index (χ0v) is 10.3. The Bertz CT molecular complexity index is 449. The molecule has 17 heavy (non-hydrogen) atoms. The minimum absolute atomic E-state index is 0.295. The molecule has 0 amide bonds. The summed E-state index contributed by atoms with van der Waals surface area (Å²) in [6.45, 7) is 6.04. The van der Waals surface area contributed by atoms with Crippen molar-refractivity contribution >= 4 is 0 Å². The highest BCUT2D eigenvalue weighted by Crippen LogP contribution is 2.11. The van der Waals surface area contributed by atoms with E-state index in [0.717, 1.165) is 13.1 Å². The molecule has 1 N–H and O–H groups in total. The Morgan fingerprint density at radius 2 is 2.24 bits per heavy atom. The Morgan fingerprint density at radius 3 is 2.94 bits per heavy atom. The van der Waals surface area contributed by atoms with Crippen molar-refractivity contribution in [2.45, 2.75) is 33.0 Å². The number of nitrogens with one attached hydrogen (secondary N) is 1. The first kappa shape index (κ1) is 11.8. The second kappa shape index (κ2) is 5.59. The predicted octanol–water partition coefficient (Wildman–Crippen LogP) is 2.15. The summed E-state index contributed by atoms with van der Waals surface area (Å²) in [7, 11) is 0. The molecule has 0 aliphatic heterocycles. The molecule has 0 saturated carbocycles. The normalized spacial score (nSPS) is 12.6. The largest absolute Gasteiger partial charge is 0.334 e. The summed E-state index contributed by atoms with van der Waals surface area (Å²) in [6.07, 6.45) is 7.47. The number of hydrogen-bond acceptors (Lipinski definition) is 3. The van der Waals surface area contributed by atoms with Crippen LogP contribution in [0.3, 0.4) is 0 Å². The summed E-state index contributed by atoms with van der Waals surface area (Å²) in [4.78, 5) is 8.28. The molecule has 4 heteroatoms. The highest BCUT2D eigenvalue weighted by molar-refractivity contribution is 5.13. The van der Waals surface area contributed by atoms with Crippen molar-refractivity contribution in [1.29, 1.82) is 0 Å². The third-order valence-electron chi connectivity index (χ3n) is 2.91. The van der Waals surface area contributed by atoms with E-state index in [-0.39, 0.29) is 0 Å². The van der Waals surface area contributed by atoms with Gasteiger partial charge in [-0.05, 0) is 25.5 Å². The lowest BCUT2D eigenvalue weighted by atomic mass is 10.1. The summed E-state index contributed by atoms with van der Waals surface area (Å²) in [5.41, 5.74) is 2.42. The van der Waals surface area contributed by atoms with Crippen molar-refractivity contribution in [3.05, 3.63) is 48.3 Å². The maximum absolute atomic E-state index is 4.15. The summed E-state index contributed by atoms with van der Waals surface area (Å²) in [5, 5.41) is 3.48. The van der Waals surface area contributed by atoms with E-state index in [4.69, 9.17) is 0 Å². The van der Waals surface area contributed by atoms with Crippen LogP contribution in [0.2, 0.25) is 0 Å². The molecule has 90 valence electrons. The van der Waals surface area contributed by atoms with Crippen LogP contribution < -0.4 is 5.32 Å². The lowest BCUT2D eigenvalue weighted by Crippen LogP contribution is -2.19. The lowest BCUT2D eigenvalue weighted by Gasteiger charge is -2.14. The van der Waals surface area contributed by atoms with Gasteiger partial charge in [0.15, 0.2) is 0 Å². The van der Waals surface area contributed by atoms with E-state index in [1.807, 2.05) is 24.8 Å². The van der Waals surface area contributed by atoms with Crippen molar-refractivity contribution in [2.75, 3.05) is 0 Å². The Labute approximate surface area is 102 Å². The number of aryl methyl sites for hydroxylation is 1. The van der Waals surface area contributed by atoms with Gasteiger partial charge in [0.1, 0.15) is 0 Å². The van der Waals surface area contributed by atoms with Gasteiger partial charge in [-0.2, -0.15) is 0 Å². The van der Waals surface area contributed by atoms with E-state index in [9.17, 15) is 0 Å². The summed E-state index contributed by atoms with van der Waals surface area (Å²) < 4.78 is 2.14. The lowest BCUT2D eigenvalue weighted by molar-refractivity contribution is 0.548. The average molecular weight is 230 g/mol. The van der Waals surface area contributed by atoms with Crippen molar-refractivity contribution in [1.82, 2.24) is 19.9 Å². The van der Waals surface area contributed by atoms with Crippen LogP contribution in [-0.2, 0) is 13.1 Å². The van der Waals surface area contributed by atoms with Gasteiger partial charge in [-0.1, -0.05) is 6.07 Å². The molecular weight excluding hydrogens is 212 g/mol. The van der Waals surface area contributed by atoms with Gasteiger partial charge >= 0.3 is 0 Å². The van der Waals surface area contributed by atoms with E-state index >= 15 is 0 Å². The molecule has 2 aromatic heterocycles. The molecule has 0 bridgehead atoms. The van der Waals surface area contributed by atoms with Crippen molar-refractivity contribution in [3.63, 3.8) is 0 Å². The van der Waals surface area contributed by atoms with Crippen LogP contribution in [0.4, 0.5) is 0 Å². The highest BCUT2D eigenvalue weighted by atomic mass is 15.1. The molecule has 1 atom stereocenters. The average Bonchev–Trinajstić information content (AvgIpc) is 2.84. The van der Waals surface area contributed by atoms with Gasteiger partial charge in [-0.3, -0.25) is 4.98 Å². The van der Waals surface area contributed by atoms with Crippen molar-refractivity contribution < 1.29 is 0 Å². The topological polar surface area (TPSA) is 42.7 Å². The summed E-state index contributed by atoms with van der Waals surface area (Å²) in [6, 6.07) is 4.34. The standard InChI is InChI=1S/C13H18N4/c1-3-17-10-15-8-13(17)9-16-11(2)12-5-4-6-14-7-12/h4-8,10-11,16H,3,9H2,1-2H3. The monoisotopic (exact) mass is 230 g/mol. The Kier molecular flexibility index (Phi) is 3.88. The fraction of sp³-hybridized carbons (Fsp3) is 0.385. The van der Waals surface area contributed by atoms with Gasteiger partial charge < -0.3 is 9.88 Å². The van der Waals surface area contributed by atoms with Crippen LogP contribution in [0, 0.1) is 0 Å². The Morgan fingerprint density at radius 1 is 1.35 bits per heavy atom. The van der Waals surface area contributed by atoms with E-state index in [1.165, 1.54) is 11.3 Å². The fourth-order valence-electron chi connectivity index (χ4n) is 1.79. The van der Waals surface area contributed by atoms with Crippen LogP contribution in [-0.4, -0.2) is 14.5 Å². The van der Waals surface area contributed by atoms with Gasteiger partial charge in [0.25, 0.3) is 0 Å². The molecule has 0 aliphatic carbocycles. The molecule has 2 rings (SSSR count). The van der Waals surface area contributed by atoms with Gasteiger partial charge in [0, 0.05) is 37.7 Å². The van der Waals surface area contributed by atoms with Crippen molar-refractivity contribution in [2.24, 2.45) is 0 Å². The van der Waals surface area contributed by atoms with E-state index in [0.29, 0.717) is 6.04 Å². The smallest absolute Gasteiger partial charge is 0.0948 e. The third kappa shape index (κ3) is 2.91. The van der Waals surface area contributed by atoms with Gasteiger partial charge in [0.05, 0.1) is 12.0 Å². The predicted molar refractivity (Wildman–Crippen MR) is 67.4 cm³/mol. The number of nitrogens with zero attached hydrogens (tertiary/aromatic N) is 3. The van der Waals surface area contributed by atoms with Crippen LogP contribution in [0.1, 0.15) is 31.1 Å². The molecule has 0 saturated heterocycles. The van der Waals surface area contributed by atoms with Crippen molar-refractivity contribution in [3.8, 4) is 0 Å². The van der Waals surface area contributed by atoms with E-state index < -0.39 is 0 Å². The molecule has 0 aromatic carbocycles. The van der Waals surface area contributed by atoms with Crippen LogP contribution in [0.15, 0.2) is 37.1 Å². The van der Waals surface area contributed by atoms with Gasteiger partial charge in [0.2, 0.25) is 0 Å². The molecule has 0 fully saturated rings. The summed E-state index contributed by atoms with van der Waals surface area (Å²) >= 11 is 0. The molecular formula is C13H18N4. The molecule has 2 aromatic rings. The second-order valence-electron chi connectivity index (χ2n) is 4.06. The van der Waals surface area contributed by atoms with Crippen LogP contribution in [0.5, 0.6) is 0 Å². The maximum atomic E-state index is 4.15. The SMILES string of the molecule is CCn1cncc1CNC(C)c1cccnc1. The number of aromatic nitrogens is 3. The summed E-state index contributed by atoms with van der Waals surface area (Å²) in [5.74, 6) is 0. The number of hydrogen-bond donors (Lipinski definition) is 1. The zero-order chi connectivity index (χ0) is 12.1.